The maximum Gasteiger partial charge on any atom is 0.236 e. The second-order valence-corrected chi connectivity index (χ2v) is 6.56. The van der Waals surface area contributed by atoms with Crippen molar-refractivity contribution in [3.8, 4) is 0 Å². The Labute approximate surface area is 133 Å². The summed E-state index contributed by atoms with van der Waals surface area (Å²) in [4.78, 5) is 18.6. The molecule has 1 aromatic rings. The summed E-state index contributed by atoms with van der Waals surface area (Å²) in [7, 11) is 3.96. The Morgan fingerprint density at radius 2 is 2.14 bits per heavy atom. The molecule has 1 amide bonds. The Bertz CT molecular complexity index is 486. The third kappa shape index (κ3) is 4.81. The Kier molecular flexibility index (Phi) is 5.97. The van der Waals surface area contributed by atoms with Crippen LogP contribution in [0.1, 0.15) is 37.6 Å². The zero-order chi connectivity index (χ0) is 16.1. The van der Waals surface area contributed by atoms with Gasteiger partial charge in [-0.25, -0.2) is 0 Å². The third-order valence-corrected chi connectivity index (χ3v) is 4.16. The topological polar surface area (TPSA) is 52.8 Å². The molecule has 1 fully saturated rings. The SMILES string of the molecule is CC(C)c1cc(CN(C)C(=O)CN2CCCN(C)CC2)on1. The van der Waals surface area contributed by atoms with E-state index in [1.807, 2.05) is 13.1 Å². The number of rotatable bonds is 5. The van der Waals surface area contributed by atoms with E-state index in [2.05, 4.69) is 35.9 Å². The highest BCUT2D eigenvalue weighted by molar-refractivity contribution is 5.77. The minimum Gasteiger partial charge on any atom is -0.359 e. The van der Waals surface area contributed by atoms with E-state index in [4.69, 9.17) is 4.52 Å². The summed E-state index contributed by atoms with van der Waals surface area (Å²) >= 11 is 0. The number of carbonyl (C=O) groups is 1. The van der Waals surface area contributed by atoms with Crippen molar-refractivity contribution in [1.82, 2.24) is 19.9 Å². The molecular weight excluding hydrogens is 280 g/mol. The summed E-state index contributed by atoms with van der Waals surface area (Å²) in [5.74, 6) is 1.22. The summed E-state index contributed by atoms with van der Waals surface area (Å²) in [6.45, 7) is 9.19. The lowest BCUT2D eigenvalue weighted by atomic mass is 10.1. The van der Waals surface area contributed by atoms with E-state index in [1.165, 1.54) is 0 Å². The van der Waals surface area contributed by atoms with Crippen molar-refractivity contribution in [2.75, 3.05) is 46.8 Å². The van der Waals surface area contributed by atoms with Gasteiger partial charge in [-0.3, -0.25) is 9.69 Å². The molecule has 0 bridgehead atoms. The first-order valence-corrected chi connectivity index (χ1v) is 8.06. The molecular formula is C16H28N4O2. The largest absolute Gasteiger partial charge is 0.359 e. The van der Waals surface area contributed by atoms with Crippen LogP contribution >= 0.6 is 0 Å². The van der Waals surface area contributed by atoms with Crippen LogP contribution in [0.15, 0.2) is 10.6 Å². The fourth-order valence-electron chi connectivity index (χ4n) is 2.57. The first kappa shape index (κ1) is 17.0. The maximum absolute atomic E-state index is 12.4. The van der Waals surface area contributed by atoms with Crippen molar-refractivity contribution in [2.45, 2.75) is 32.7 Å². The molecule has 1 aliphatic heterocycles. The smallest absolute Gasteiger partial charge is 0.236 e. The van der Waals surface area contributed by atoms with Crippen molar-refractivity contribution in [1.29, 1.82) is 0 Å². The van der Waals surface area contributed by atoms with Gasteiger partial charge in [-0.05, 0) is 32.5 Å². The molecule has 0 radical (unpaired) electrons. The number of likely N-dealkylation sites (N-methyl/N-ethyl adjacent to an activating group) is 2. The molecule has 0 saturated carbocycles. The van der Waals surface area contributed by atoms with Crippen LogP contribution in [-0.2, 0) is 11.3 Å². The van der Waals surface area contributed by atoms with Gasteiger partial charge in [0.05, 0.1) is 18.8 Å². The summed E-state index contributed by atoms with van der Waals surface area (Å²) in [6.07, 6.45) is 1.12. The minimum atomic E-state index is 0.132. The van der Waals surface area contributed by atoms with Gasteiger partial charge in [0.1, 0.15) is 0 Å². The van der Waals surface area contributed by atoms with Crippen molar-refractivity contribution in [2.24, 2.45) is 0 Å². The average Bonchev–Trinajstić information content (AvgIpc) is 2.83. The molecule has 22 heavy (non-hydrogen) atoms. The van der Waals surface area contributed by atoms with Gasteiger partial charge in [-0.2, -0.15) is 0 Å². The Morgan fingerprint density at radius 3 is 2.82 bits per heavy atom. The fraction of sp³-hybridized carbons (Fsp3) is 0.750. The number of aromatic nitrogens is 1. The Hall–Kier alpha value is -1.40. The normalized spacial score (nSPS) is 17.7. The molecule has 0 atom stereocenters. The second-order valence-electron chi connectivity index (χ2n) is 6.56. The number of carbonyl (C=O) groups excluding carboxylic acids is 1. The van der Waals surface area contributed by atoms with Crippen LogP contribution in [0.2, 0.25) is 0 Å². The minimum absolute atomic E-state index is 0.132. The predicted molar refractivity (Wildman–Crippen MR) is 85.6 cm³/mol. The predicted octanol–water partition coefficient (Wildman–Crippen LogP) is 1.39. The summed E-state index contributed by atoms with van der Waals surface area (Å²) in [6, 6.07) is 1.94. The zero-order valence-corrected chi connectivity index (χ0v) is 14.2. The quantitative estimate of drug-likeness (QED) is 0.823. The van der Waals surface area contributed by atoms with Gasteiger partial charge in [-0.1, -0.05) is 19.0 Å². The van der Waals surface area contributed by atoms with E-state index in [0.717, 1.165) is 44.1 Å². The van der Waals surface area contributed by atoms with Gasteiger partial charge in [0.15, 0.2) is 5.76 Å². The van der Waals surface area contributed by atoms with E-state index in [-0.39, 0.29) is 5.91 Å². The van der Waals surface area contributed by atoms with Crippen LogP contribution in [0.4, 0.5) is 0 Å². The van der Waals surface area contributed by atoms with Gasteiger partial charge >= 0.3 is 0 Å². The van der Waals surface area contributed by atoms with Crippen LogP contribution in [0.25, 0.3) is 0 Å². The van der Waals surface area contributed by atoms with E-state index >= 15 is 0 Å². The van der Waals surface area contributed by atoms with Crippen molar-refractivity contribution in [3.63, 3.8) is 0 Å². The summed E-state index contributed by atoms with van der Waals surface area (Å²) in [5, 5.41) is 4.04. The summed E-state index contributed by atoms with van der Waals surface area (Å²) < 4.78 is 5.31. The van der Waals surface area contributed by atoms with E-state index < -0.39 is 0 Å². The molecule has 6 nitrogen and oxygen atoms in total. The molecule has 0 unspecified atom stereocenters. The molecule has 1 aliphatic rings. The van der Waals surface area contributed by atoms with E-state index in [9.17, 15) is 4.79 Å². The molecule has 0 spiro atoms. The van der Waals surface area contributed by atoms with Crippen LogP contribution in [0.5, 0.6) is 0 Å². The van der Waals surface area contributed by atoms with Crippen LogP contribution < -0.4 is 0 Å². The highest BCUT2D eigenvalue weighted by Crippen LogP contribution is 2.15. The molecule has 1 aromatic heterocycles. The molecule has 124 valence electrons. The molecule has 0 aromatic carbocycles. The lowest BCUT2D eigenvalue weighted by molar-refractivity contribution is -0.131. The number of nitrogens with zero attached hydrogens (tertiary/aromatic N) is 4. The van der Waals surface area contributed by atoms with Gasteiger partial charge in [0.2, 0.25) is 5.91 Å². The van der Waals surface area contributed by atoms with E-state index in [1.54, 1.807) is 4.90 Å². The molecule has 0 aliphatic carbocycles. The lowest BCUT2D eigenvalue weighted by Crippen LogP contribution is -2.39. The van der Waals surface area contributed by atoms with Crippen LogP contribution in [0, 0.1) is 0 Å². The highest BCUT2D eigenvalue weighted by Gasteiger charge is 2.18. The molecule has 1 saturated heterocycles. The number of hydrogen-bond donors (Lipinski definition) is 0. The summed E-state index contributed by atoms with van der Waals surface area (Å²) in [5.41, 5.74) is 0.936. The molecule has 6 heteroatoms. The first-order chi connectivity index (χ1) is 10.5. The van der Waals surface area contributed by atoms with Crippen LogP contribution in [-0.4, -0.2) is 72.6 Å². The monoisotopic (exact) mass is 308 g/mol. The lowest BCUT2D eigenvalue weighted by Gasteiger charge is -2.23. The van der Waals surface area contributed by atoms with Gasteiger partial charge in [0, 0.05) is 26.2 Å². The molecule has 0 N–H and O–H groups in total. The maximum atomic E-state index is 12.4. The second kappa shape index (κ2) is 7.74. The Morgan fingerprint density at radius 1 is 1.36 bits per heavy atom. The van der Waals surface area contributed by atoms with E-state index in [0.29, 0.717) is 19.0 Å². The zero-order valence-electron chi connectivity index (χ0n) is 14.2. The molecule has 2 rings (SSSR count). The molecule has 2 heterocycles. The Balaban J connectivity index is 1.83. The van der Waals surface area contributed by atoms with Crippen molar-refractivity contribution in [3.05, 3.63) is 17.5 Å². The van der Waals surface area contributed by atoms with Crippen molar-refractivity contribution < 1.29 is 9.32 Å². The fourth-order valence-corrected chi connectivity index (χ4v) is 2.57. The van der Waals surface area contributed by atoms with Gasteiger partial charge < -0.3 is 14.3 Å². The highest BCUT2D eigenvalue weighted by atomic mass is 16.5. The average molecular weight is 308 g/mol. The standard InChI is InChI=1S/C16H28N4O2/c1-13(2)15-10-14(22-17-15)11-19(4)16(21)12-20-7-5-6-18(3)8-9-20/h10,13H,5-9,11-12H2,1-4H3. The van der Waals surface area contributed by atoms with Gasteiger partial charge in [-0.15, -0.1) is 0 Å². The van der Waals surface area contributed by atoms with Crippen LogP contribution in [0.3, 0.4) is 0 Å². The first-order valence-electron chi connectivity index (χ1n) is 8.06. The van der Waals surface area contributed by atoms with Gasteiger partial charge in [0.25, 0.3) is 0 Å². The third-order valence-electron chi connectivity index (χ3n) is 4.16. The number of hydrogen-bond acceptors (Lipinski definition) is 5. The van der Waals surface area contributed by atoms with Crippen molar-refractivity contribution >= 4 is 5.91 Å². The number of amides is 1.